The minimum atomic E-state index is -0.434. The molecule has 92 valence electrons. The average molecular weight is 300 g/mol. The second-order valence-corrected chi connectivity index (χ2v) is 4.68. The number of carbonyl (C=O) groups excluding carboxylic acids is 1. The summed E-state index contributed by atoms with van der Waals surface area (Å²) in [5.74, 6) is 0.234. The predicted octanol–water partition coefficient (Wildman–Crippen LogP) is 3.66. The smallest absolute Gasteiger partial charge is 0.270 e. The first-order chi connectivity index (χ1) is 8.04. The fourth-order valence-electron chi connectivity index (χ4n) is 1.53. The van der Waals surface area contributed by atoms with E-state index in [4.69, 9.17) is 0 Å². The van der Waals surface area contributed by atoms with E-state index in [-0.39, 0.29) is 11.5 Å². The lowest BCUT2D eigenvalue weighted by molar-refractivity contribution is -0.384. The topological polar surface area (TPSA) is 60.2 Å². The van der Waals surface area contributed by atoms with Crippen LogP contribution in [0.15, 0.2) is 22.7 Å². The third-order valence-corrected chi connectivity index (χ3v) is 3.19. The first-order valence-electron chi connectivity index (χ1n) is 5.49. The zero-order valence-electron chi connectivity index (χ0n) is 9.61. The van der Waals surface area contributed by atoms with Crippen molar-refractivity contribution in [2.24, 2.45) is 0 Å². The van der Waals surface area contributed by atoms with Crippen LogP contribution in [0.1, 0.15) is 31.7 Å². The van der Waals surface area contributed by atoms with Crippen LogP contribution in [0.5, 0.6) is 0 Å². The van der Waals surface area contributed by atoms with Crippen LogP contribution in [0.25, 0.3) is 0 Å². The molecule has 1 aromatic carbocycles. The number of hydrogen-bond donors (Lipinski definition) is 0. The van der Waals surface area contributed by atoms with Crippen LogP contribution >= 0.6 is 15.9 Å². The molecule has 0 atom stereocenters. The van der Waals surface area contributed by atoms with Gasteiger partial charge in [-0.3, -0.25) is 14.9 Å². The maximum absolute atomic E-state index is 11.4. The number of aryl methyl sites for hydroxylation is 1. The minimum absolute atomic E-state index is 0.0560. The van der Waals surface area contributed by atoms with Crippen LogP contribution in [-0.4, -0.2) is 10.7 Å². The van der Waals surface area contributed by atoms with Gasteiger partial charge in [0.25, 0.3) is 5.69 Å². The summed E-state index contributed by atoms with van der Waals surface area (Å²) in [6, 6.07) is 4.63. The first kappa shape index (κ1) is 13.8. The summed E-state index contributed by atoms with van der Waals surface area (Å²) < 4.78 is 0.691. The molecule has 0 radical (unpaired) electrons. The van der Waals surface area contributed by atoms with Crippen molar-refractivity contribution in [1.29, 1.82) is 0 Å². The van der Waals surface area contributed by atoms with E-state index in [1.54, 1.807) is 6.07 Å². The van der Waals surface area contributed by atoms with E-state index in [1.165, 1.54) is 12.1 Å². The highest BCUT2D eigenvalue weighted by atomic mass is 79.9. The molecule has 1 aromatic rings. The monoisotopic (exact) mass is 299 g/mol. The molecule has 0 heterocycles. The maximum atomic E-state index is 11.4. The van der Waals surface area contributed by atoms with Crippen LogP contribution in [-0.2, 0) is 11.2 Å². The molecule has 5 heteroatoms. The largest absolute Gasteiger partial charge is 0.300 e. The highest BCUT2D eigenvalue weighted by molar-refractivity contribution is 9.10. The third-order valence-electron chi connectivity index (χ3n) is 2.45. The standard InChI is InChI=1S/C12H14BrNO3/c1-2-3-11(15)7-5-9-4-6-10(14(16)17)8-12(9)13/h4,6,8H,2-3,5,7H2,1H3. The van der Waals surface area contributed by atoms with E-state index >= 15 is 0 Å². The van der Waals surface area contributed by atoms with Crippen LogP contribution < -0.4 is 0 Å². The van der Waals surface area contributed by atoms with Crippen molar-refractivity contribution in [3.63, 3.8) is 0 Å². The molecule has 0 fully saturated rings. The minimum Gasteiger partial charge on any atom is -0.300 e. The molecular weight excluding hydrogens is 286 g/mol. The number of hydrogen-bond acceptors (Lipinski definition) is 3. The van der Waals surface area contributed by atoms with Crippen molar-refractivity contribution in [3.05, 3.63) is 38.3 Å². The maximum Gasteiger partial charge on any atom is 0.270 e. The SMILES string of the molecule is CCCC(=O)CCc1ccc([N+](=O)[O-])cc1Br. The molecule has 0 bridgehead atoms. The number of ketones is 1. The fourth-order valence-corrected chi connectivity index (χ4v) is 2.10. The van der Waals surface area contributed by atoms with E-state index in [0.717, 1.165) is 12.0 Å². The summed E-state index contributed by atoms with van der Waals surface area (Å²) in [7, 11) is 0. The second-order valence-electron chi connectivity index (χ2n) is 3.82. The van der Waals surface area contributed by atoms with Crippen LogP contribution in [0, 0.1) is 10.1 Å². The molecule has 0 aliphatic rings. The van der Waals surface area contributed by atoms with Gasteiger partial charge in [-0.15, -0.1) is 0 Å². The molecule has 1 rings (SSSR count). The zero-order valence-corrected chi connectivity index (χ0v) is 11.2. The number of benzene rings is 1. The van der Waals surface area contributed by atoms with Crippen LogP contribution in [0.2, 0.25) is 0 Å². The molecule has 0 N–H and O–H groups in total. The number of rotatable bonds is 6. The molecule has 4 nitrogen and oxygen atoms in total. The summed E-state index contributed by atoms with van der Waals surface area (Å²) >= 11 is 3.29. The van der Waals surface area contributed by atoms with Gasteiger partial charge >= 0.3 is 0 Å². The van der Waals surface area contributed by atoms with E-state index in [1.807, 2.05) is 6.92 Å². The summed E-state index contributed by atoms with van der Waals surface area (Å²) in [5, 5.41) is 10.5. The summed E-state index contributed by atoms with van der Waals surface area (Å²) in [6.07, 6.45) is 2.58. The van der Waals surface area contributed by atoms with Crippen LogP contribution in [0.4, 0.5) is 5.69 Å². The summed E-state index contributed by atoms with van der Waals surface area (Å²) in [4.78, 5) is 21.5. The molecule has 0 saturated carbocycles. The number of carbonyl (C=O) groups is 1. The van der Waals surface area contributed by atoms with Crippen LogP contribution in [0.3, 0.4) is 0 Å². The number of nitro benzene ring substituents is 1. The van der Waals surface area contributed by atoms with Crippen molar-refractivity contribution < 1.29 is 9.72 Å². The lowest BCUT2D eigenvalue weighted by atomic mass is 10.1. The Morgan fingerprint density at radius 2 is 2.12 bits per heavy atom. The third kappa shape index (κ3) is 4.26. The van der Waals surface area contributed by atoms with Crippen molar-refractivity contribution in [1.82, 2.24) is 0 Å². The summed E-state index contributed by atoms with van der Waals surface area (Å²) in [6.45, 7) is 1.97. The molecule has 0 unspecified atom stereocenters. The zero-order chi connectivity index (χ0) is 12.8. The van der Waals surface area contributed by atoms with Crippen molar-refractivity contribution in [2.75, 3.05) is 0 Å². The van der Waals surface area contributed by atoms with Gasteiger partial charge in [0.15, 0.2) is 0 Å². The Morgan fingerprint density at radius 3 is 2.65 bits per heavy atom. The predicted molar refractivity (Wildman–Crippen MR) is 69.0 cm³/mol. The number of nitro groups is 1. The molecule has 0 aliphatic carbocycles. The van der Waals surface area contributed by atoms with Gasteiger partial charge in [-0.05, 0) is 18.4 Å². The molecule has 0 spiro atoms. The van der Waals surface area contributed by atoms with Gasteiger partial charge < -0.3 is 0 Å². The normalized spacial score (nSPS) is 10.2. The van der Waals surface area contributed by atoms with E-state index in [9.17, 15) is 14.9 Å². The number of nitrogens with zero attached hydrogens (tertiary/aromatic N) is 1. The van der Waals surface area contributed by atoms with Crippen molar-refractivity contribution >= 4 is 27.4 Å². The Balaban J connectivity index is 2.66. The van der Waals surface area contributed by atoms with Gasteiger partial charge in [0.05, 0.1) is 4.92 Å². The first-order valence-corrected chi connectivity index (χ1v) is 6.28. The Kier molecular flexibility index (Phi) is 5.28. The number of Topliss-reactive ketones (excluding diaryl/α,β-unsaturated/α-hetero) is 1. The lowest BCUT2D eigenvalue weighted by Gasteiger charge is -2.03. The van der Waals surface area contributed by atoms with Gasteiger partial charge in [-0.1, -0.05) is 28.9 Å². The van der Waals surface area contributed by atoms with Crippen molar-refractivity contribution in [3.8, 4) is 0 Å². The van der Waals surface area contributed by atoms with Gasteiger partial charge in [0.1, 0.15) is 5.78 Å². The highest BCUT2D eigenvalue weighted by Gasteiger charge is 2.10. The van der Waals surface area contributed by atoms with Gasteiger partial charge in [0.2, 0.25) is 0 Å². The molecule has 0 aromatic heterocycles. The Morgan fingerprint density at radius 1 is 1.41 bits per heavy atom. The van der Waals surface area contributed by atoms with E-state index in [0.29, 0.717) is 23.7 Å². The Labute approximate surface area is 108 Å². The Hall–Kier alpha value is -1.23. The van der Waals surface area contributed by atoms with E-state index < -0.39 is 4.92 Å². The summed E-state index contributed by atoms with van der Waals surface area (Å²) in [5.41, 5.74) is 0.987. The van der Waals surface area contributed by atoms with Crippen molar-refractivity contribution in [2.45, 2.75) is 32.6 Å². The number of non-ortho nitro benzene ring substituents is 1. The molecule has 0 saturated heterocycles. The lowest BCUT2D eigenvalue weighted by Crippen LogP contribution is -2.00. The quantitative estimate of drug-likeness (QED) is 0.595. The number of halogens is 1. The van der Waals surface area contributed by atoms with Gasteiger partial charge in [0, 0.05) is 29.4 Å². The van der Waals surface area contributed by atoms with Gasteiger partial charge in [-0.25, -0.2) is 0 Å². The second kappa shape index (κ2) is 6.49. The Bertz CT molecular complexity index is 432. The molecule has 0 amide bonds. The average Bonchev–Trinajstić information content (AvgIpc) is 2.27. The molecule has 0 aliphatic heterocycles. The molecular formula is C12H14BrNO3. The fraction of sp³-hybridized carbons (Fsp3) is 0.417. The van der Waals surface area contributed by atoms with Gasteiger partial charge in [-0.2, -0.15) is 0 Å². The highest BCUT2D eigenvalue weighted by Crippen LogP contribution is 2.24. The van der Waals surface area contributed by atoms with E-state index in [2.05, 4.69) is 15.9 Å². The molecule has 17 heavy (non-hydrogen) atoms.